The number of esters is 2. The number of rotatable bonds is 5. The molecule has 4 rings (SSSR count). The molecule has 0 saturated heterocycles. The van der Waals surface area contributed by atoms with Gasteiger partial charge in [-0.3, -0.25) is 9.59 Å². The summed E-state index contributed by atoms with van der Waals surface area (Å²) in [6.07, 6.45) is 6.95. The minimum absolute atomic E-state index is 0.0604. The molecule has 2 aromatic rings. The van der Waals surface area contributed by atoms with Crippen molar-refractivity contribution < 1.29 is 38.1 Å². The molecule has 0 spiro atoms. The number of Topliss-reactive ketones (excluding diaryl/α,β-unsaturated/α-hetero) is 1. The molecule has 0 saturated carbocycles. The first-order valence-electron chi connectivity index (χ1n) is 13.9. The summed E-state index contributed by atoms with van der Waals surface area (Å²) in [5.41, 5.74) is 2.22. The van der Waals surface area contributed by atoms with Gasteiger partial charge >= 0.3 is 11.9 Å². The highest BCUT2D eigenvalue weighted by molar-refractivity contribution is 5.99. The normalized spacial score (nSPS) is 20.1. The molecule has 0 bridgehead atoms. The minimum atomic E-state index is -0.524. The van der Waals surface area contributed by atoms with Gasteiger partial charge in [0.25, 0.3) is 0 Å². The van der Waals surface area contributed by atoms with Crippen LogP contribution in [0.5, 0.6) is 23.0 Å². The molecule has 40 heavy (non-hydrogen) atoms. The zero-order valence-electron chi connectivity index (χ0n) is 23.9. The number of carbonyl (C=O) groups is 3. The smallest absolute Gasteiger partial charge is 0.342 e. The molecule has 8 heteroatoms. The third-order valence-corrected chi connectivity index (χ3v) is 7.11. The molecule has 2 aliphatic heterocycles. The molecule has 8 nitrogen and oxygen atoms in total. The van der Waals surface area contributed by atoms with Gasteiger partial charge in [-0.25, -0.2) is 4.79 Å². The predicted octanol–water partition coefficient (Wildman–Crippen LogP) is 6.41. The number of cyclic esters (lactones) is 1. The molecule has 2 aliphatic rings. The van der Waals surface area contributed by atoms with Crippen molar-refractivity contribution in [3.05, 3.63) is 52.6 Å². The molecular formula is C32H38O8. The Morgan fingerprint density at radius 1 is 0.975 bits per heavy atom. The monoisotopic (exact) mass is 550 g/mol. The number of methoxy groups -OCH3 is 2. The van der Waals surface area contributed by atoms with Crippen molar-refractivity contribution in [2.75, 3.05) is 14.2 Å². The average molecular weight is 551 g/mol. The topological polar surface area (TPSA) is 97.4 Å². The van der Waals surface area contributed by atoms with E-state index < -0.39 is 11.9 Å². The van der Waals surface area contributed by atoms with Crippen molar-refractivity contribution in [1.29, 1.82) is 0 Å². The number of ether oxygens (including phenoxy) is 5. The molecule has 0 fully saturated rings. The molecule has 0 aromatic heterocycles. The Morgan fingerprint density at radius 3 is 2.48 bits per heavy atom. The molecule has 2 aromatic carbocycles. The van der Waals surface area contributed by atoms with E-state index in [1.807, 2.05) is 45.0 Å². The predicted molar refractivity (Wildman–Crippen MR) is 150 cm³/mol. The summed E-state index contributed by atoms with van der Waals surface area (Å²) in [6.45, 7) is 5.68. The summed E-state index contributed by atoms with van der Waals surface area (Å²) >= 11 is 0. The fourth-order valence-electron chi connectivity index (χ4n) is 5.25. The van der Waals surface area contributed by atoms with Crippen molar-refractivity contribution in [2.24, 2.45) is 0 Å². The van der Waals surface area contributed by atoms with E-state index in [1.54, 1.807) is 19.3 Å². The number of hydrogen-bond acceptors (Lipinski definition) is 8. The van der Waals surface area contributed by atoms with Gasteiger partial charge in [0.05, 0.1) is 32.8 Å². The van der Waals surface area contributed by atoms with E-state index in [9.17, 15) is 14.4 Å². The molecular weight excluding hydrogens is 512 g/mol. The number of fused-ring (bicyclic) bond motifs is 2. The number of allylic oxidation sites excluding steroid dienone is 1. The van der Waals surface area contributed by atoms with Crippen LogP contribution >= 0.6 is 0 Å². The Morgan fingerprint density at radius 2 is 1.75 bits per heavy atom. The number of carbonyl (C=O) groups excluding carboxylic acids is 3. The van der Waals surface area contributed by atoms with Crippen LogP contribution in [0.1, 0.15) is 98.7 Å². The standard InChI is InChI=1S/C32H38O8/c1-19(2)38-26-16-21(14-15-25(26)36-4)24-18-28(34)40-27-17-22-11-7-6-8-12-23(33)13-9-10-20(3)39-32(35)29(22)31(37-5)30(24)27/h7,11,14-17,19-20,24H,6,8-10,12-13,18H2,1-5H3/t20-,24-/m1/s1. The van der Waals surface area contributed by atoms with Crippen LogP contribution in [0.3, 0.4) is 0 Å². The lowest BCUT2D eigenvalue weighted by Crippen LogP contribution is -2.24. The summed E-state index contributed by atoms with van der Waals surface area (Å²) in [5, 5.41) is 0. The van der Waals surface area contributed by atoms with Crippen LogP contribution in [-0.4, -0.2) is 44.1 Å². The molecule has 2 atom stereocenters. The first-order chi connectivity index (χ1) is 19.2. The van der Waals surface area contributed by atoms with Crippen LogP contribution in [0.4, 0.5) is 0 Å². The summed E-state index contributed by atoms with van der Waals surface area (Å²) in [6, 6.07) is 7.25. The Kier molecular flexibility index (Phi) is 9.50. The quantitative estimate of drug-likeness (QED) is 0.311. The Balaban J connectivity index is 1.86. The number of hydrogen-bond donors (Lipinski definition) is 0. The first kappa shape index (κ1) is 29.2. The Hall–Kier alpha value is -3.81. The van der Waals surface area contributed by atoms with Gasteiger partial charge in [-0.2, -0.15) is 0 Å². The van der Waals surface area contributed by atoms with Crippen molar-refractivity contribution in [3.63, 3.8) is 0 Å². The third kappa shape index (κ3) is 6.66. The average Bonchev–Trinajstić information content (AvgIpc) is 2.90. The van der Waals surface area contributed by atoms with Crippen LogP contribution in [0.25, 0.3) is 6.08 Å². The maximum atomic E-state index is 13.6. The lowest BCUT2D eigenvalue weighted by atomic mass is 9.83. The largest absolute Gasteiger partial charge is 0.495 e. The van der Waals surface area contributed by atoms with Crippen molar-refractivity contribution in [1.82, 2.24) is 0 Å². The second-order valence-corrected chi connectivity index (χ2v) is 10.5. The molecule has 214 valence electrons. The lowest BCUT2D eigenvalue weighted by molar-refractivity contribution is -0.135. The molecule has 0 unspecified atom stereocenters. The highest BCUT2D eigenvalue weighted by Crippen LogP contribution is 2.48. The molecule has 0 aliphatic carbocycles. The van der Waals surface area contributed by atoms with Crippen LogP contribution in [0.15, 0.2) is 30.3 Å². The highest BCUT2D eigenvalue weighted by Gasteiger charge is 2.36. The molecule has 0 amide bonds. The third-order valence-electron chi connectivity index (χ3n) is 7.11. The zero-order chi connectivity index (χ0) is 28.8. The van der Waals surface area contributed by atoms with Crippen LogP contribution in [0, 0.1) is 0 Å². The van der Waals surface area contributed by atoms with Gasteiger partial charge in [0.15, 0.2) is 11.5 Å². The zero-order valence-corrected chi connectivity index (χ0v) is 23.9. The first-order valence-corrected chi connectivity index (χ1v) is 13.9. The Labute approximate surface area is 235 Å². The van der Waals surface area contributed by atoms with E-state index in [0.29, 0.717) is 66.2 Å². The maximum absolute atomic E-state index is 13.6. The van der Waals surface area contributed by atoms with Gasteiger partial charge in [-0.05, 0) is 75.8 Å². The summed E-state index contributed by atoms with van der Waals surface area (Å²) in [4.78, 5) is 38.6. The second kappa shape index (κ2) is 13.0. The van der Waals surface area contributed by atoms with E-state index in [0.717, 1.165) is 12.0 Å². The van der Waals surface area contributed by atoms with Gasteiger partial charge in [-0.15, -0.1) is 0 Å². The van der Waals surface area contributed by atoms with E-state index in [-0.39, 0.29) is 35.9 Å². The van der Waals surface area contributed by atoms with Gasteiger partial charge in [0.1, 0.15) is 22.8 Å². The Bertz CT molecular complexity index is 1290. The van der Waals surface area contributed by atoms with Gasteiger partial charge in [0.2, 0.25) is 0 Å². The summed E-state index contributed by atoms with van der Waals surface area (Å²) < 4.78 is 28.9. The van der Waals surface area contributed by atoms with Gasteiger partial charge in [0, 0.05) is 24.3 Å². The van der Waals surface area contributed by atoms with Crippen LogP contribution in [-0.2, 0) is 14.3 Å². The number of benzene rings is 2. The highest BCUT2D eigenvalue weighted by atomic mass is 16.6. The van der Waals surface area contributed by atoms with E-state index >= 15 is 0 Å². The molecule has 0 radical (unpaired) electrons. The number of ketones is 1. The SMILES string of the molecule is COc1ccc([C@H]2CC(=O)Oc3cc4c(c(OC)c32)C(=O)O[C@H](C)CCCC(=O)CCCC=C4)cc1OC(C)C. The van der Waals surface area contributed by atoms with Crippen LogP contribution in [0.2, 0.25) is 0 Å². The second-order valence-electron chi connectivity index (χ2n) is 10.5. The van der Waals surface area contributed by atoms with Crippen molar-refractivity contribution >= 4 is 23.8 Å². The van der Waals surface area contributed by atoms with Crippen molar-refractivity contribution in [2.45, 2.75) is 83.8 Å². The summed E-state index contributed by atoms with van der Waals surface area (Å²) in [7, 11) is 3.08. The van der Waals surface area contributed by atoms with Crippen molar-refractivity contribution in [3.8, 4) is 23.0 Å². The van der Waals surface area contributed by atoms with Gasteiger partial charge < -0.3 is 23.7 Å². The van der Waals surface area contributed by atoms with E-state index in [4.69, 9.17) is 23.7 Å². The van der Waals surface area contributed by atoms with Crippen LogP contribution < -0.4 is 18.9 Å². The fourth-order valence-corrected chi connectivity index (χ4v) is 5.25. The van der Waals surface area contributed by atoms with E-state index in [2.05, 4.69) is 0 Å². The minimum Gasteiger partial charge on any atom is -0.495 e. The van der Waals surface area contributed by atoms with Gasteiger partial charge in [-0.1, -0.05) is 18.2 Å². The fraction of sp³-hybridized carbons (Fsp3) is 0.469. The molecule has 0 N–H and O–H groups in total. The maximum Gasteiger partial charge on any atom is 0.342 e. The van der Waals surface area contributed by atoms with E-state index in [1.165, 1.54) is 7.11 Å². The molecule has 2 heterocycles. The lowest BCUT2D eigenvalue weighted by Gasteiger charge is -2.29. The summed E-state index contributed by atoms with van der Waals surface area (Å²) in [5.74, 6) is 0.644.